The number of alkyl halides is 1. The van der Waals surface area contributed by atoms with Crippen molar-refractivity contribution in [2.24, 2.45) is 0 Å². The van der Waals surface area contributed by atoms with Gasteiger partial charge in [-0.3, -0.25) is 10.1 Å². The summed E-state index contributed by atoms with van der Waals surface area (Å²) in [5.41, 5.74) is 0.849. The molecule has 0 aromatic carbocycles. The first-order valence-electron chi connectivity index (χ1n) is 8.79. The van der Waals surface area contributed by atoms with Gasteiger partial charge in [0, 0.05) is 10.9 Å². The van der Waals surface area contributed by atoms with Crippen molar-refractivity contribution in [3.8, 4) is 0 Å². The molecular weight excluding hydrogens is 374 g/mol. The van der Waals surface area contributed by atoms with Crippen LogP contribution in [0.5, 0.6) is 0 Å². The van der Waals surface area contributed by atoms with Crippen molar-refractivity contribution in [1.29, 1.82) is 0 Å². The fourth-order valence-electron chi connectivity index (χ4n) is 2.59. The molecule has 0 fully saturated rings. The van der Waals surface area contributed by atoms with E-state index in [2.05, 4.69) is 27.3 Å². The maximum atomic E-state index is 12.0. The van der Waals surface area contributed by atoms with Gasteiger partial charge >= 0.3 is 5.97 Å². The summed E-state index contributed by atoms with van der Waals surface area (Å²) < 4.78 is 10.7. The molecule has 0 heterocycles. The van der Waals surface area contributed by atoms with E-state index in [-0.39, 0.29) is 18.4 Å². The maximum absolute atomic E-state index is 12.0. The van der Waals surface area contributed by atoms with Crippen LogP contribution >= 0.6 is 15.9 Å². The standard InChI is InChI=1S/C18H32BrNO4/c1-5-10-23-16(21)12-15(20-17(22)24-18(2,3)4)11-13-6-8-14(19)9-7-13/h6,14-15,17,20,22H,5,7-12H2,1-4H3/t14?,15-,17?/m1/s1. The van der Waals surface area contributed by atoms with Gasteiger partial charge in [-0.15, -0.1) is 0 Å². The van der Waals surface area contributed by atoms with Gasteiger partial charge in [0.2, 0.25) is 6.41 Å². The number of carbonyl (C=O) groups excluding carboxylic acids is 1. The highest BCUT2D eigenvalue weighted by atomic mass is 79.9. The van der Waals surface area contributed by atoms with Crippen LogP contribution in [0.25, 0.3) is 0 Å². The Morgan fingerprint density at radius 3 is 2.75 bits per heavy atom. The molecule has 0 spiro atoms. The monoisotopic (exact) mass is 405 g/mol. The number of hydrogen-bond acceptors (Lipinski definition) is 5. The summed E-state index contributed by atoms with van der Waals surface area (Å²) >= 11 is 3.63. The Labute approximate surface area is 154 Å². The van der Waals surface area contributed by atoms with Gasteiger partial charge in [0.25, 0.3) is 0 Å². The second kappa shape index (κ2) is 10.5. The molecule has 0 radical (unpaired) electrons. The zero-order chi connectivity index (χ0) is 18.2. The number of allylic oxidation sites excluding steroid dienone is 1. The van der Waals surface area contributed by atoms with Crippen molar-refractivity contribution in [2.45, 2.75) is 89.1 Å². The van der Waals surface area contributed by atoms with E-state index < -0.39 is 12.0 Å². The molecule has 1 aliphatic rings. The van der Waals surface area contributed by atoms with Gasteiger partial charge in [0.15, 0.2) is 0 Å². The largest absolute Gasteiger partial charge is 0.466 e. The van der Waals surface area contributed by atoms with Gasteiger partial charge in [-0.25, -0.2) is 0 Å². The van der Waals surface area contributed by atoms with Crippen molar-refractivity contribution >= 4 is 21.9 Å². The summed E-state index contributed by atoms with van der Waals surface area (Å²) in [4.78, 5) is 12.5. The van der Waals surface area contributed by atoms with Crippen LogP contribution < -0.4 is 5.32 Å². The molecule has 1 aliphatic carbocycles. The molecule has 0 aromatic heterocycles. The first-order valence-corrected chi connectivity index (χ1v) is 9.70. The van der Waals surface area contributed by atoms with Gasteiger partial charge in [0.05, 0.1) is 18.6 Å². The number of halogens is 1. The molecule has 2 N–H and O–H groups in total. The predicted octanol–water partition coefficient (Wildman–Crippen LogP) is 3.64. The van der Waals surface area contributed by atoms with E-state index in [1.807, 2.05) is 27.7 Å². The number of nitrogens with one attached hydrogen (secondary N) is 1. The van der Waals surface area contributed by atoms with Crippen LogP contribution in [0.2, 0.25) is 0 Å². The summed E-state index contributed by atoms with van der Waals surface area (Å²) in [5, 5.41) is 13.1. The van der Waals surface area contributed by atoms with Crippen LogP contribution in [0.4, 0.5) is 0 Å². The molecule has 140 valence electrons. The topological polar surface area (TPSA) is 67.8 Å². The van der Waals surface area contributed by atoms with Gasteiger partial charge in [-0.1, -0.05) is 34.5 Å². The van der Waals surface area contributed by atoms with Crippen molar-refractivity contribution < 1.29 is 19.4 Å². The van der Waals surface area contributed by atoms with Gasteiger partial charge < -0.3 is 14.6 Å². The number of carbonyl (C=O) groups is 1. The summed E-state index contributed by atoms with van der Waals surface area (Å²) in [7, 11) is 0. The van der Waals surface area contributed by atoms with Crippen LogP contribution in [-0.2, 0) is 14.3 Å². The highest BCUT2D eigenvalue weighted by Crippen LogP contribution is 2.27. The van der Waals surface area contributed by atoms with Crippen LogP contribution in [0.1, 0.15) is 66.2 Å². The van der Waals surface area contributed by atoms with Crippen molar-refractivity contribution in [3.63, 3.8) is 0 Å². The number of aliphatic hydroxyl groups excluding tert-OH is 1. The van der Waals surface area contributed by atoms with E-state index in [9.17, 15) is 9.90 Å². The Kier molecular flexibility index (Phi) is 9.49. The molecule has 3 atom stereocenters. The zero-order valence-electron chi connectivity index (χ0n) is 15.3. The number of ether oxygens (including phenoxy) is 2. The number of hydrogen-bond donors (Lipinski definition) is 2. The highest BCUT2D eigenvalue weighted by molar-refractivity contribution is 9.09. The summed E-state index contributed by atoms with van der Waals surface area (Å²) in [6.07, 6.45) is 5.97. The van der Waals surface area contributed by atoms with E-state index in [0.717, 1.165) is 25.7 Å². The average Bonchev–Trinajstić information content (AvgIpc) is 2.45. The molecule has 1 rings (SSSR count). The van der Waals surface area contributed by atoms with Crippen molar-refractivity contribution in [3.05, 3.63) is 11.6 Å². The van der Waals surface area contributed by atoms with Gasteiger partial charge in [-0.2, -0.15) is 0 Å². The molecule has 0 aromatic rings. The lowest BCUT2D eigenvalue weighted by Gasteiger charge is -2.29. The number of esters is 1. The van der Waals surface area contributed by atoms with Crippen molar-refractivity contribution in [1.82, 2.24) is 5.32 Å². The minimum atomic E-state index is -1.11. The van der Waals surface area contributed by atoms with E-state index in [4.69, 9.17) is 9.47 Å². The SMILES string of the molecule is CCCOC(=O)C[C@@H](CC1=CCC(Br)CC1)NC(O)OC(C)(C)C. The third-order valence-corrected chi connectivity index (χ3v) is 4.50. The lowest BCUT2D eigenvalue weighted by molar-refractivity contribution is -0.186. The molecular formula is C18H32BrNO4. The van der Waals surface area contributed by atoms with Crippen LogP contribution in [0.3, 0.4) is 0 Å². The molecule has 5 nitrogen and oxygen atoms in total. The first-order chi connectivity index (χ1) is 11.2. The van der Waals surface area contributed by atoms with E-state index in [1.165, 1.54) is 5.57 Å². The smallest absolute Gasteiger partial charge is 0.307 e. The predicted molar refractivity (Wildman–Crippen MR) is 98.9 cm³/mol. The van der Waals surface area contributed by atoms with Gasteiger partial charge in [-0.05, 0) is 52.9 Å². The second-order valence-corrected chi connectivity index (χ2v) is 8.60. The fourth-order valence-corrected chi connectivity index (χ4v) is 3.01. The molecule has 2 unspecified atom stereocenters. The minimum absolute atomic E-state index is 0.204. The number of aliphatic hydroxyl groups is 1. The van der Waals surface area contributed by atoms with Crippen LogP contribution in [-0.4, -0.2) is 40.6 Å². The van der Waals surface area contributed by atoms with Crippen molar-refractivity contribution in [2.75, 3.05) is 6.61 Å². The van der Waals surface area contributed by atoms with Crippen LogP contribution in [0, 0.1) is 0 Å². The normalized spacial score (nSPS) is 21.1. The number of rotatable bonds is 9. The Morgan fingerprint density at radius 1 is 1.50 bits per heavy atom. The Morgan fingerprint density at radius 2 is 2.21 bits per heavy atom. The van der Waals surface area contributed by atoms with E-state index in [1.54, 1.807) is 0 Å². The third kappa shape index (κ3) is 9.77. The Bertz CT molecular complexity index is 420. The third-order valence-electron chi connectivity index (χ3n) is 3.67. The Hall–Kier alpha value is -0.430. The zero-order valence-corrected chi connectivity index (χ0v) is 16.9. The minimum Gasteiger partial charge on any atom is -0.466 e. The van der Waals surface area contributed by atoms with E-state index in [0.29, 0.717) is 17.9 Å². The van der Waals surface area contributed by atoms with E-state index >= 15 is 0 Å². The second-order valence-electron chi connectivity index (χ2n) is 7.31. The molecule has 24 heavy (non-hydrogen) atoms. The molecule has 0 saturated carbocycles. The lowest BCUT2D eigenvalue weighted by atomic mass is 9.93. The molecule has 6 heteroatoms. The summed E-state index contributed by atoms with van der Waals surface area (Å²) in [6.45, 7) is 8.03. The maximum Gasteiger partial charge on any atom is 0.307 e. The summed E-state index contributed by atoms with van der Waals surface area (Å²) in [5.74, 6) is -0.243. The fraction of sp³-hybridized carbons (Fsp3) is 0.833. The lowest BCUT2D eigenvalue weighted by Crippen LogP contribution is -2.45. The quantitative estimate of drug-likeness (QED) is 0.265. The first kappa shape index (κ1) is 21.6. The average molecular weight is 406 g/mol. The summed E-state index contributed by atoms with van der Waals surface area (Å²) in [6, 6.07) is -0.204. The highest BCUT2D eigenvalue weighted by Gasteiger charge is 2.24. The molecule has 0 amide bonds. The van der Waals surface area contributed by atoms with Gasteiger partial charge in [0.1, 0.15) is 0 Å². The molecule has 0 aliphatic heterocycles. The van der Waals surface area contributed by atoms with Crippen LogP contribution in [0.15, 0.2) is 11.6 Å². The molecule has 0 bridgehead atoms. The Balaban J connectivity index is 2.62. The molecule has 0 saturated heterocycles.